The Labute approximate surface area is 199 Å². The smallest absolute Gasteiger partial charge is 0.143 e. The van der Waals surface area contributed by atoms with E-state index in [1.165, 1.54) is 51.4 Å². The zero-order valence-corrected chi connectivity index (χ0v) is 22.4. The Kier molecular flexibility index (Phi) is 6.81. The normalized spacial score (nSPS) is 41.6. The molecule has 0 heterocycles. The monoisotopic (exact) mass is 440 g/mol. The lowest BCUT2D eigenvalue weighted by Crippen LogP contribution is -2.54. The van der Waals surface area contributed by atoms with Crippen LogP contribution in [0.15, 0.2) is 11.6 Å². The summed E-state index contributed by atoms with van der Waals surface area (Å²) in [6.45, 7) is 17.1. The van der Waals surface area contributed by atoms with Gasteiger partial charge >= 0.3 is 0 Å². The zero-order valence-electron chi connectivity index (χ0n) is 22.4. The number of ketones is 1. The molecule has 0 aromatic rings. The van der Waals surface area contributed by atoms with Gasteiger partial charge < -0.3 is 0 Å². The van der Waals surface area contributed by atoms with E-state index in [0.29, 0.717) is 11.2 Å². The molecular weight excluding hydrogens is 388 g/mol. The van der Waals surface area contributed by atoms with Crippen molar-refractivity contribution in [2.75, 3.05) is 0 Å². The molecule has 1 nitrogen and oxygen atoms in total. The summed E-state index contributed by atoms with van der Waals surface area (Å²) in [5.74, 6) is 5.76. The van der Waals surface area contributed by atoms with Crippen molar-refractivity contribution in [3.63, 3.8) is 0 Å². The third-order valence-corrected chi connectivity index (χ3v) is 11.8. The van der Waals surface area contributed by atoms with Gasteiger partial charge in [-0.3, -0.25) is 4.79 Å². The lowest BCUT2D eigenvalue weighted by molar-refractivity contribution is -0.134. The van der Waals surface area contributed by atoms with Crippen LogP contribution >= 0.6 is 0 Å². The second kappa shape index (κ2) is 8.88. The molecule has 0 radical (unpaired) electrons. The molecule has 3 fully saturated rings. The molecule has 0 aromatic heterocycles. The molecule has 0 saturated heterocycles. The SMILES string of the molecule is CCC1(CC)C(=O)CC[C@@]2(C)C1=CC[C@H]1[C@@H]3CC[C@H]([C@H](C)CCCC(C)C)[C@@]3(C)CC[C@@H]12. The second-order valence-electron chi connectivity index (χ2n) is 13.4. The van der Waals surface area contributed by atoms with Gasteiger partial charge in [0, 0.05) is 11.8 Å². The molecule has 7 atom stereocenters. The van der Waals surface area contributed by atoms with E-state index in [1.54, 1.807) is 5.57 Å². The van der Waals surface area contributed by atoms with Crippen molar-refractivity contribution in [2.24, 2.45) is 51.8 Å². The summed E-state index contributed by atoms with van der Waals surface area (Å²) in [6.07, 6.45) is 17.8. The van der Waals surface area contributed by atoms with Crippen molar-refractivity contribution >= 4 is 5.78 Å². The quantitative estimate of drug-likeness (QED) is 0.361. The largest absolute Gasteiger partial charge is 0.299 e. The van der Waals surface area contributed by atoms with Crippen LogP contribution in [0.2, 0.25) is 0 Å². The van der Waals surface area contributed by atoms with Crippen LogP contribution in [-0.4, -0.2) is 5.78 Å². The summed E-state index contributed by atoms with van der Waals surface area (Å²) in [5, 5.41) is 0. The van der Waals surface area contributed by atoms with Gasteiger partial charge in [0.05, 0.1) is 0 Å². The molecule has 0 bridgehead atoms. The highest BCUT2D eigenvalue weighted by molar-refractivity contribution is 5.89. The predicted molar refractivity (Wildman–Crippen MR) is 136 cm³/mol. The Bertz CT molecular complexity index is 727. The van der Waals surface area contributed by atoms with Gasteiger partial charge in [-0.25, -0.2) is 0 Å². The van der Waals surface area contributed by atoms with Crippen molar-refractivity contribution in [3.8, 4) is 0 Å². The van der Waals surface area contributed by atoms with E-state index in [1.807, 2.05) is 0 Å². The van der Waals surface area contributed by atoms with Crippen LogP contribution in [0.5, 0.6) is 0 Å². The number of rotatable bonds is 7. The van der Waals surface area contributed by atoms with Crippen molar-refractivity contribution in [3.05, 3.63) is 11.6 Å². The molecule has 0 amide bonds. The number of carbonyl (C=O) groups excluding carboxylic acids is 1. The fourth-order valence-corrected chi connectivity index (χ4v) is 9.97. The first-order valence-corrected chi connectivity index (χ1v) is 14.4. The van der Waals surface area contributed by atoms with Crippen LogP contribution in [0.1, 0.15) is 126 Å². The van der Waals surface area contributed by atoms with E-state index >= 15 is 0 Å². The van der Waals surface area contributed by atoms with Gasteiger partial charge in [-0.2, -0.15) is 0 Å². The van der Waals surface area contributed by atoms with E-state index < -0.39 is 0 Å². The molecule has 1 heteroatoms. The molecule has 0 unspecified atom stereocenters. The molecule has 4 rings (SSSR count). The van der Waals surface area contributed by atoms with Crippen molar-refractivity contribution in [1.29, 1.82) is 0 Å². The maximum absolute atomic E-state index is 13.2. The van der Waals surface area contributed by atoms with Gasteiger partial charge in [-0.15, -0.1) is 0 Å². The van der Waals surface area contributed by atoms with Crippen LogP contribution < -0.4 is 0 Å². The zero-order chi connectivity index (χ0) is 23.3. The topological polar surface area (TPSA) is 17.1 Å². The standard InChI is InChI=1S/C31H52O/c1-8-31(9-2)27-16-13-23-25-15-14-24(22(5)12-10-11-21(3)4)29(25,6)19-17-26(23)30(27,7)20-18-28(31)32/h16,21-26H,8-15,17-20H2,1-7H3/t22-,23+,24-,25+,26+,29-,30-/m1/s1. The maximum Gasteiger partial charge on any atom is 0.143 e. The number of Topliss-reactive ketones (excluding diaryl/α,β-unsaturated/α-hetero) is 1. The number of carbonyl (C=O) groups is 1. The summed E-state index contributed by atoms with van der Waals surface area (Å²) in [5.41, 5.74) is 2.25. The van der Waals surface area contributed by atoms with E-state index in [4.69, 9.17) is 0 Å². The number of hydrogen-bond donors (Lipinski definition) is 0. The van der Waals surface area contributed by atoms with Gasteiger partial charge in [-0.05, 0) is 97.7 Å². The van der Waals surface area contributed by atoms with Crippen LogP contribution in [0, 0.1) is 51.8 Å². The summed E-state index contributed by atoms with van der Waals surface area (Å²) in [4.78, 5) is 13.2. The first-order chi connectivity index (χ1) is 15.1. The first kappa shape index (κ1) is 24.5. The van der Waals surface area contributed by atoms with Gasteiger partial charge in [0.25, 0.3) is 0 Å². The molecule has 0 aromatic carbocycles. The Morgan fingerprint density at radius 3 is 2.34 bits per heavy atom. The highest BCUT2D eigenvalue weighted by Gasteiger charge is 2.62. The average molecular weight is 441 g/mol. The molecular formula is C31H52O. The van der Waals surface area contributed by atoms with Gasteiger partial charge in [0.2, 0.25) is 0 Å². The Balaban J connectivity index is 1.57. The molecule has 4 aliphatic carbocycles. The minimum atomic E-state index is -0.151. The summed E-state index contributed by atoms with van der Waals surface area (Å²) in [7, 11) is 0. The van der Waals surface area contributed by atoms with Gasteiger partial charge in [0.15, 0.2) is 0 Å². The average Bonchev–Trinajstić information content (AvgIpc) is 3.11. The fourth-order valence-electron chi connectivity index (χ4n) is 9.97. The maximum atomic E-state index is 13.2. The molecule has 3 saturated carbocycles. The lowest BCUT2D eigenvalue weighted by Gasteiger charge is -2.61. The van der Waals surface area contributed by atoms with E-state index in [9.17, 15) is 4.79 Å². The molecule has 0 spiro atoms. The number of allylic oxidation sites excluding steroid dienone is 2. The van der Waals surface area contributed by atoms with Crippen molar-refractivity contribution in [2.45, 2.75) is 126 Å². The minimum absolute atomic E-state index is 0.151. The number of fused-ring (bicyclic) bond motifs is 5. The second-order valence-corrected chi connectivity index (χ2v) is 13.4. The molecule has 4 aliphatic rings. The third kappa shape index (κ3) is 3.58. The fraction of sp³-hybridized carbons (Fsp3) is 0.903. The van der Waals surface area contributed by atoms with Crippen LogP contribution in [0.4, 0.5) is 0 Å². The third-order valence-electron chi connectivity index (χ3n) is 11.8. The Hall–Kier alpha value is -0.590. The number of hydrogen-bond acceptors (Lipinski definition) is 1. The Morgan fingerprint density at radius 1 is 0.969 bits per heavy atom. The lowest BCUT2D eigenvalue weighted by atomic mass is 9.43. The molecule has 0 aliphatic heterocycles. The van der Waals surface area contributed by atoms with Crippen molar-refractivity contribution in [1.82, 2.24) is 0 Å². The first-order valence-electron chi connectivity index (χ1n) is 14.4. The van der Waals surface area contributed by atoms with Gasteiger partial charge in [0.1, 0.15) is 5.78 Å². The Morgan fingerprint density at radius 2 is 1.69 bits per heavy atom. The predicted octanol–water partition coefficient (Wildman–Crippen LogP) is 9.01. The highest BCUT2D eigenvalue weighted by Crippen LogP contribution is 2.69. The van der Waals surface area contributed by atoms with E-state index in [-0.39, 0.29) is 10.8 Å². The highest BCUT2D eigenvalue weighted by atomic mass is 16.1. The molecule has 32 heavy (non-hydrogen) atoms. The molecule has 0 N–H and O–H groups in total. The molecule has 182 valence electrons. The van der Waals surface area contributed by atoms with Crippen molar-refractivity contribution < 1.29 is 4.79 Å². The van der Waals surface area contributed by atoms with Crippen LogP contribution in [0.25, 0.3) is 0 Å². The van der Waals surface area contributed by atoms with E-state index in [0.717, 1.165) is 61.2 Å². The summed E-state index contributed by atoms with van der Waals surface area (Å²) >= 11 is 0. The van der Waals surface area contributed by atoms with Crippen LogP contribution in [-0.2, 0) is 4.79 Å². The minimum Gasteiger partial charge on any atom is -0.299 e. The van der Waals surface area contributed by atoms with Crippen LogP contribution in [0.3, 0.4) is 0 Å². The van der Waals surface area contributed by atoms with E-state index in [2.05, 4.69) is 54.5 Å². The van der Waals surface area contributed by atoms with Gasteiger partial charge in [-0.1, -0.05) is 79.4 Å². The summed E-state index contributed by atoms with van der Waals surface area (Å²) in [6, 6.07) is 0. The summed E-state index contributed by atoms with van der Waals surface area (Å²) < 4.78 is 0.